The molecule has 2 aliphatic heterocycles. The molecule has 1 fully saturated rings. The summed E-state index contributed by atoms with van der Waals surface area (Å²) in [6, 6.07) is 8.35. The standard InChI is InChI=1S/C20H25N3O3/c1-20(2,3)26-19(25)22-9-8-15(17(24)11-22)18-14-7-5-4-6-13(14)16-10-21-12-23(16)18/h4-7,10,12,15,17-18,24H,8-9,11H2,1-3H3/t15-,17-,18+/m1/s1. The second-order valence-corrected chi connectivity index (χ2v) is 8.16. The Morgan fingerprint density at radius 1 is 1.31 bits per heavy atom. The third kappa shape index (κ3) is 2.88. The summed E-state index contributed by atoms with van der Waals surface area (Å²) in [4.78, 5) is 18.2. The monoisotopic (exact) mass is 355 g/mol. The zero-order valence-corrected chi connectivity index (χ0v) is 15.4. The fourth-order valence-electron chi connectivity index (χ4n) is 4.12. The van der Waals surface area contributed by atoms with Gasteiger partial charge in [0.1, 0.15) is 5.60 Å². The molecular weight excluding hydrogens is 330 g/mol. The lowest BCUT2D eigenvalue weighted by molar-refractivity contribution is -0.0193. The van der Waals surface area contributed by atoms with Gasteiger partial charge >= 0.3 is 6.09 Å². The van der Waals surface area contributed by atoms with E-state index in [1.54, 1.807) is 4.90 Å². The Balaban J connectivity index is 1.55. The number of carbonyl (C=O) groups is 1. The van der Waals surface area contributed by atoms with E-state index < -0.39 is 11.7 Å². The van der Waals surface area contributed by atoms with Crippen LogP contribution in [-0.2, 0) is 4.74 Å². The fraction of sp³-hybridized carbons (Fsp3) is 0.500. The Kier molecular flexibility index (Phi) is 4.03. The van der Waals surface area contributed by atoms with E-state index in [2.05, 4.69) is 21.7 Å². The van der Waals surface area contributed by atoms with E-state index in [-0.39, 0.29) is 18.1 Å². The number of benzene rings is 1. The first kappa shape index (κ1) is 17.1. The zero-order chi connectivity index (χ0) is 18.5. The topological polar surface area (TPSA) is 67.6 Å². The second kappa shape index (κ2) is 6.13. The summed E-state index contributed by atoms with van der Waals surface area (Å²) in [6.45, 7) is 6.43. The number of hydrogen-bond donors (Lipinski definition) is 1. The maximum Gasteiger partial charge on any atom is 0.410 e. The van der Waals surface area contributed by atoms with Crippen LogP contribution in [0.15, 0.2) is 36.8 Å². The van der Waals surface area contributed by atoms with E-state index in [1.165, 1.54) is 11.1 Å². The van der Waals surface area contributed by atoms with E-state index in [1.807, 2.05) is 45.4 Å². The van der Waals surface area contributed by atoms with Crippen molar-refractivity contribution in [2.24, 2.45) is 5.92 Å². The molecule has 4 rings (SSSR count). The smallest absolute Gasteiger partial charge is 0.410 e. The molecule has 0 saturated carbocycles. The van der Waals surface area contributed by atoms with Gasteiger partial charge in [0.15, 0.2) is 0 Å². The third-order valence-corrected chi connectivity index (χ3v) is 5.21. The van der Waals surface area contributed by atoms with Crippen LogP contribution in [0.25, 0.3) is 11.3 Å². The average Bonchev–Trinajstić information content (AvgIpc) is 3.14. The number of hydrogen-bond acceptors (Lipinski definition) is 4. The molecule has 1 amide bonds. The normalized spacial score (nSPS) is 24.9. The summed E-state index contributed by atoms with van der Waals surface area (Å²) in [6.07, 6.45) is 3.47. The number of imidazole rings is 1. The number of nitrogens with zero attached hydrogens (tertiary/aromatic N) is 3. The van der Waals surface area contributed by atoms with Crippen LogP contribution < -0.4 is 0 Å². The van der Waals surface area contributed by atoms with E-state index >= 15 is 0 Å². The number of aliphatic hydroxyl groups is 1. The van der Waals surface area contributed by atoms with Gasteiger partial charge in [0.25, 0.3) is 0 Å². The van der Waals surface area contributed by atoms with Crippen molar-refractivity contribution in [1.29, 1.82) is 0 Å². The lowest BCUT2D eigenvalue weighted by Crippen LogP contribution is -2.50. The first-order valence-corrected chi connectivity index (χ1v) is 9.12. The molecule has 0 unspecified atom stereocenters. The SMILES string of the molecule is CC(C)(C)OC(=O)N1CC[C@@H]([C@@H]2c3ccccc3-c3cncn32)[C@H](O)C1. The molecule has 0 spiro atoms. The molecule has 0 radical (unpaired) electrons. The number of β-amino-alcohol motifs (C(OH)–C–C–N with tert-alkyl or cyclic N) is 1. The van der Waals surface area contributed by atoms with Crippen molar-refractivity contribution < 1.29 is 14.6 Å². The van der Waals surface area contributed by atoms with Gasteiger partial charge in [-0.3, -0.25) is 0 Å². The van der Waals surface area contributed by atoms with Crippen molar-refractivity contribution in [3.05, 3.63) is 42.4 Å². The molecule has 0 bridgehead atoms. The largest absolute Gasteiger partial charge is 0.444 e. The molecule has 6 nitrogen and oxygen atoms in total. The van der Waals surface area contributed by atoms with Gasteiger partial charge < -0.3 is 19.3 Å². The maximum absolute atomic E-state index is 12.3. The third-order valence-electron chi connectivity index (χ3n) is 5.21. The maximum atomic E-state index is 12.3. The zero-order valence-electron chi connectivity index (χ0n) is 15.4. The minimum atomic E-state index is -0.609. The molecule has 1 aromatic heterocycles. The number of piperidine rings is 1. The van der Waals surface area contributed by atoms with Gasteiger partial charge in [0, 0.05) is 18.0 Å². The molecule has 6 heteroatoms. The summed E-state index contributed by atoms with van der Waals surface area (Å²) < 4.78 is 7.60. The molecule has 138 valence electrons. The quantitative estimate of drug-likeness (QED) is 0.854. The molecule has 2 aromatic rings. The minimum absolute atomic E-state index is 0.0327. The van der Waals surface area contributed by atoms with Crippen molar-refractivity contribution in [3.63, 3.8) is 0 Å². The molecule has 1 saturated heterocycles. The van der Waals surface area contributed by atoms with E-state index in [0.29, 0.717) is 13.1 Å². The van der Waals surface area contributed by atoms with E-state index in [4.69, 9.17) is 4.74 Å². The molecule has 0 aliphatic carbocycles. The predicted molar refractivity (Wildman–Crippen MR) is 97.7 cm³/mol. The van der Waals surface area contributed by atoms with Crippen LogP contribution in [0.5, 0.6) is 0 Å². The van der Waals surface area contributed by atoms with Crippen molar-refractivity contribution in [2.75, 3.05) is 13.1 Å². The number of aliphatic hydroxyl groups excluding tert-OH is 1. The van der Waals surface area contributed by atoms with Gasteiger partial charge in [-0.1, -0.05) is 24.3 Å². The Labute approximate surface area is 153 Å². The second-order valence-electron chi connectivity index (χ2n) is 8.16. The molecule has 3 atom stereocenters. The van der Waals surface area contributed by atoms with Crippen LogP contribution in [0.2, 0.25) is 0 Å². The lowest BCUT2D eigenvalue weighted by atomic mass is 9.83. The molecule has 3 heterocycles. The van der Waals surface area contributed by atoms with Gasteiger partial charge in [-0.25, -0.2) is 9.78 Å². The fourth-order valence-corrected chi connectivity index (χ4v) is 4.12. The Morgan fingerprint density at radius 3 is 2.81 bits per heavy atom. The van der Waals surface area contributed by atoms with Crippen molar-refractivity contribution in [3.8, 4) is 11.3 Å². The van der Waals surface area contributed by atoms with Crippen molar-refractivity contribution >= 4 is 6.09 Å². The minimum Gasteiger partial charge on any atom is -0.444 e. The van der Waals surface area contributed by atoms with Crippen molar-refractivity contribution in [2.45, 2.75) is 44.9 Å². The van der Waals surface area contributed by atoms with Crippen LogP contribution in [0.1, 0.15) is 38.8 Å². The number of rotatable bonds is 1. The molecule has 2 aliphatic rings. The molecular formula is C20H25N3O3. The number of amides is 1. The highest BCUT2D eigenvalue weighted by molar-refractivity contribution is 5.70. The molecule has 1 aromatic carbocycles. The van der Waals surface area contributed by atoms with Gasteiger partial charge in [0.05, 0.1) is 36.9 Å². The van der Waals surface area contributed by atoms with Crippen LogP contribution in [-0.4, -0.2) is 50.4 Å². The Bertz CT molecular complexity index is 824. The highest BCUT2D eigenvalue weighted by Crippen LogP contribution is 2.45. The van der Waals surface area contributed by atoms with E-state index in [9.17, 15) is 9.90 Å². The average molecular weight is 355 g/mol. The van der Waals surface area contributed by atoms with Crippen LogP contribution >= 0.6 is 0 Å². The van der Waals surface area contributed by atoms with Crippen LogP contribution in [0, 0.1) is 5.92 Å². The summed E-state index contributed by atoms with van der Waals surface area (Å²) in [5, 5.41) is 10.9. The first-order chi connectivity index (χ1) is 12.3. The Morgan fingerprint density at radius 2 is 2.08 bits per heavy atom. The number of carbonyl (C=O) groups excluding carboxylic acids is 1. The predicted octanol–water partition coefficient (Wildman–Crippen LogP) is 3.07. The summed E-state index contributed by atoms with van der Waals surface area (Å²) in [5.74, 6) is 0.0327. The summed E-state index contributed by atoms with van der Waals surface area (Å²) >= 11 is 0. The number of fused-ring (bicyclic) bond motifs is 3. The van der Waals surface area contributed by atoms with Crippen LogP contribution in [0.4, 0.5) is 4.79 Å². The summed E-state index contributed by atoms with van der Waals surface area (Å²) in [5.41, 5.74) is 2.96. The first-order valence-electron chi connectivity index (χ1n) is 9.12. The molecule has 1 N–H and O–H groups in total. The van der Waals surface area contributed by atoms with Crippen molar-refractivity contribution in [1.82, 2.24) is 14.5 Å². The van der Waals surface area contributed by atoms with Gasteiger partial charge in [-0.2, -0.15) is 0 Å². The number of likely N-dealkylation sites (tertiary alicyclic amines) is 1. The number of aromatic nitrogens is 2. The Hall–Kier alpha value is -2.34. The van der Waals surface area contributed by atoms with Gasteiger partial charge in [-0.15, -0.1) is 0 Å². The van der Waals surface area contributed by atoms with Gasteiger partial charge in [0.2, 0.25) is 0 Å². The summed E-state index contributed by atoms with van der Waals surface area (Å²) in [7, 11) is 0. The lowest BCUT2D eigenvalue weighted by Gasteiger charge is -2.39. The van der Waals surface area contributed by atoms with Gasteiger partial charge in [-0.05, 0) is 32.8 Å². The highest BCUT2D eigenvalue weighted by Gasteiger charge is 2.41. The number of ether oxygens (including phenoxy) is 1. The highest BCUT2D eigenvalue weighted by atomic mass is 16.6. The van der Waals surface area contributed by atoms with Crippen LogP contribution in [0.3, 0.4) is 0 Å². The molecule has 26 heavy (non-hydrogen) atoms. The van der Waals surface area contributed by atoms with E-state index in [0.717, 1.165) is 12.1 Å².